The summed E-state index contributed by atoms with van der Waals surface area (Å²) in [6, 6.07) is 11.7. The van der Waals surface area contributed by atoms with E-state index in [1.807, 2.05) is 53.4 Å². The Labute approximate surface area is 102 Å². The van der Waals surface area contributed by atoms with Crippen molar-refractivity contribution in [2.75, 3.05) is 0 Å². The number of aryl methyl sites for hydroxylation is 1. The predicted molar refractivity (Wildman–Crippen MR) is 70.3 cm³/mol. The van der Waals surface area contributed by atoms with Gasteiger partial charge in [0.25, 0.3) is 5.56 Å². The van der Waals surface area contributed by atoms with Gasteiger partial charge in [-0.2, -0.15) is 4.98 Å². The summed E-state index contributed by atoms with van der Waals surface area (Å²) in [4.78, 5) is 16.0. The van der Waals surface area contributed by atoms with Crippen molar-refractivity contribution >= 4 is 21.6 Å². The topological polar surface area (TPSA) is 34.9 Å². The summed E-state index contributed by atoms with van der Waals surface area (Å²) >= 11 is 1.44. The number of nitrogens with zero attached hydrogens (tertiary/aromatic N) is 2. The summed E-state index contributed by atoms with van der Waals surface area (Å²) in [5.74, 6) is 0.710. The normalized spacial score (nSPS) is 10.9. The van der Waals surface area contributed by atoms with Crippen molar-refractivity contribution < 1.29 is 0 Å². The molecular weight excluding hydrogens is 232 g/mol. The molecular formula is C13H10N2OS. The smallest absolute Gasteiger partial charge is 0.291 e. The highest BCUT2D eigenvalue weighted by Gasteiger charge is 2.10. The van der Waals surface area contributed by atoms with Crippen LogP contribution in [0.1, 0.15) is 0 Å². The van der Waals surface area contributed by atoms with Crippen LogP contribution in [-0.2, 0) is 7.05 Å². The summed E-state index contributed by atoms with van der Waals surface area (Å²) in [6.07, 6.45) is 0. The molecule has 0 N–H and O–H groups in total. The fraction of sp³-hybridized carbons (Fsp3) is 0.0769. The third-order valence-electron chi connectivity index (χ3n) is 2.76. The first kappa shape index (κ1) is 10.2. The highest BCUT2D eigenvalue weighted by atomic mass is 32.1. The Hall–Kier alpha value is -1.94. The lowest BCUT2D eigenvalue weighted by atomic mass is 10.2. The average Bonchev–Trinajstić information content (AvgIpc) is 2.85. The number of rotatable bonds is 1. The van der Waals surface area contributed by atoms with Crippen LogP contribution in [0.2, 0.25) is 0 Å². The van der Waals surface area contributed by atoms with E-state index in [1.54, 1.807) is 0 Å². The monoisotopic (exact) mass is 242 g/mol. The van der Waals surface area contributed by atoms with Gasteiger partial charge in [-0.1, -0.05) is 30.3 Å². The van der Waals surface area contributed by atoms with Gasteiger partial charge in [0.15, 0.2) is 0 Å². The van der Waals surface area contributed by atoms with Crippen LogP contribution in [0, 0.1) is 0 Å². The molecule has 0 aliphatic heterocycles. The van der Waals surface area contributed by atoms with Gasteiger partial charge >= 0.3 is 0 Å². The molecule has 0 spiro atoms. The molecule has 3 nitrogen and oxygen atoms in total. The van der Waals surface area contributed by atoms with E-state index in [0.29, 0.717) is 10.5 Å². The maximum Gasteiger partial charge on any atom is 0.291 e. The van der Waals surface area contributed by atoms with Crippen molar-refractivity contribution in [3.05, 3.63) is 52.1 Å². The van der Waals surface area contributed by atoms with Crippen molar-refractivity contribution in [3.8, 4) is 11.4 Å². The maximum absolute atomic E-state index is 11.9. The molecule has 2 aromatic heterocycles. The van der Waals surface area contributed by atoms with Crippen LogP contribution in [0.5, 0.6) is 0 Å². The van der Waals surface area contributed by atoms with E-state index in [0.717, 1.165) is 11.1 Å². The molecule has 0 atom stereocenters. The Kier molecular flexibility index (Phi) is 2.30. The van der Waals surface area contributed by atoms with Crippen LogP contribution < -0.4 is 5.56 Å². The number of hydrogen-bond acceptors (Lipinski definition) is 3. The zero-order valence-corrected chi connectivity index (χ0v) is 10.1. The lowest BCUT2D eigenvalue weighted by Gasteiger charge is -2.08. The second kappa shape index (κ2) is 3.82. The van der Waals surface area contributed by atoms with Crippen LogP contribution >= 0.6 is 11.3 Å². The van der Waals surface area contributed by atoms with Crippen LogP contribution in [0.25, 0.3) is 21.6 Å². The largest absolute Gasteiger partial charge is 0.327 e. The van der Waals surface area contributed by atoms with Crippen molar-refractivity contribution in [2.45, 2.75) is 0 Å². The van der Waals surface area contributed by atoms with Gasteiger partial charge in [-0.05, 0) is 11.4 Å². The first-order valence-corrected chi connectivity index (χ1v) is 6.15. The molecule has 0 saturated heterocycles. The van der Waals surface area contributed by atoms with Gasteiger partial charge in [0.05, 0.1) is 5.52 Å². The third kappa shape index (κ3) is 1.57. The van der Waals surface area contributed by atoms with Gasteiger partial charge < -0.3 is 4.57 Å². The van der Waals surface area contributed by atoms with Crippen molar-refractivity contribution in [3.63, 3.8) is 0 Å². The Balaban J connectivity index is 2.38. The summed E-state index contributed by atoms with van der Waals surface area (Å²) in [7, 11) is 1.93. The quantitative estimate of drug-likeness (QED) is 0.657. The van der Waals surface area contributed by atoms with E-state index < -0.39 is 0 Å². The standard InChI is InChI=1S/C13H10N2OS/c1-15-10-7-8-17-11(10)13(16)14-12(15)9-5-3-2-4-6-9/h2-8H,1H3. The van der Waals surface area contributed by atoms with Gasteiger partial charge in [0.1, 0.15) is 10.5 Å². The minimum absolute atomic E-state index is 0.146. The molecule has 2 heterocycles. The van der Waals surface area contributed by atoms with E-state index >= 15 is 0 Å². The summed E-state index contributed by atoms with van der Waals surface area (Å²) in [5, 5.41) is 1.92. The summed E-state index contributed by atoms with van der Waals surface area (Å²) in [5.41, 5.74) is 1.75. The molecule has 0 unspecified atom stereocenters. The van der Waals surface area contributed by atoms with Gasteiger partial charge in [-0.25, -0.2) is 0 Å². The van der Waals surface area contributed by atoms with Crippen molar-refractivity contribution in [2.24, 2.45) is 7.05 Å². The van der Waals surface area contributed by atoms with Gasteiger partial charge in [-0.3, -0.25) is 4.79 Å². The molecule has 0 saturated carbocycles. The van der Waals surface area contributed by atoms with E-state index in [9.17, 15) is 4.79 Å². The predicted octanol–water partition coefficient (Wildman–Crippen LogP) is 2.66. The molecule has 3 aromatic rings. The van der Waals surface area contributed by atoms with E-state index in [4.69, 9.17) is 0 Å². The lowest BCUT2D eigenvalue weighted by Crippen LogP contribution is -2.12. The average molecular weight is 242 g/mol. The van der Waals surface area contributed by atoms with Crippen LogP contribution in [-0.4, -0.2) is 9.55 Å². The van der Waals surface area contributed by atoms with Crippen LogP contribution in [0.15, 0.2) is 46.6 Å². The second-order valence-electron chi connectivity index (χ2n) is 3.80. The highest BCUT2D eigenvalue weighted by molar-refractivity contribution is 7.17. The molecule has 0 bridgehead atoms. The minimum Gasteiger partial charge on any atom is -0.327 e. The summed E-state index contributed by atoms with van der Waals surface area (Å²) in [6.45, 7) is 0. The van der Waals surface area contributed by atoms with Crippen LogP contribution in [0.4, 0.5) is 0 Å². The number of aromatic nitrogens is 2. The van der Waals surface area contributed by atoms with Gasteiger partial charge in [0.2, 0.25) is 0 Å². The highest BCUT2D eigenvalue weighted by Crippen LogP contribution is 2.21. The summed E-state index contributed by atoms with van der Waals surface area (Å²) < 4.78 is 2.68. The fourth-order valence-electron chi connectivity index (χ4n) is 1.91. The second-order valence-corrected chi connectivity index (χ2v) is 4.72. The SMILES string of the molecule is Cn1c(-c2ccccc2)nc(=O)c2sccc21. The molecule has 17 heavy (non-hydrogen) atoms. The molecule has 84 valence electrons. The molecule has 3 rings (SSSR count). The van der Waals surface area contributed by atoms with E-state index in [2.05, 4.69) is 4.98 Å². The number of benzene rings is 1. The maximum atomic E-state index is 11.9. The van der Waals surface area contributed by atoms with E-state index in [1.165, 1.54) is 11.3 Å². The Bertz CT molecular complexity index is 728. The Morgan fingerprint density at radius 1 is 1.18 bits per heavy atom. The Morgan fingerprint density at radius 3 is 2.71 bits per heavy atom. The zero-order valence-electron chi connectivity index (χ0n) is 9.25. The van der Waals surface area contributed by atoms with Crippen molar-refractivity contribution in [1.82, 2.24) is 9.55 Å². The molecule has 0 radical (unpaired) electrons. The third-order valence-corrected chi connectivity index (χ3v) is 3.65. The van der Waals surface area contributed by atoms with Crippen molar-refractivity contribution in [1.29, 1.82) is 0 Å². The zero-order chi connectivity index (χ0) is 11.8. The van der Waals surface area contributed by atoms with Gasteiger partial charge in [-0.15, -0.1) is 11.3 Å². The fourth-order valence-corrected chi connectivity index (χ4v) is 2.71. The van der Waals surface area contributed by atoms with Crippen LogP contribution in [0.3, 0.4) is 0 Å². The molecule has 0 aliphatic carbocycles. The van der Waals surface area contributed by atoms with Gasteiger partial charge in [0, 0.05) is 12.6 Å². The number of hydrogen-bond donors (Lipinski definition) is 0. The Morgan fingerprint density at radius 2 is 1.94 bits per heavy atom. The molecule has 0 amide bonds. The van der Waals surface area contributed by atoms with E-state index in [-0.39, 0.29) is 5.56 Å². The molecule has 4 heteroatoms. The lowest BCUT2D eigenvalue weighted by molar-refractivity contribution is 0.918. The first-order valence-electron chi connectivity index (χ1n) is 5.27. The minimum atomic E-state index is -0.146. The number of fused-ring (bicyclic) bond motifs is 1. The number of thiophene rings is 1. The molecule has 0 aliphatic rings. The first-order chi connectivity index (χ1) is 8.27. The molecule has 1 aromatic carbocycles. The molecule has 0 fully saturated rings.